The van der Waals surface area contributed by atoms with Crippen LogP contribution in [0.2, 0.25) is 0 Å². The molecule has 0 saturated carbocycles. The number of nitro groups is 1. The maximum absolute atomic E-state index is 12.4. The molecule has 0 atom stereocenters. The fraction of sp³-hybridized carbons (Fsp3) is 0.333. The largest absolute Gasteiger partial charge is 0.469 e. The minimum atomic E-state index is -2.99. The fourth-order valence-electron chi connectivity index (χ4n) is 1.13. The summed E-state index contributed by atoms with van der Waals surface area (Å²) in [5.74, 6) is -1.60. The molecule has 0 aliphatic heterocycles. The van der Waals surface area contributed by atoms with Crippen molar-refractivity contribution in [1.29, 1.82) is 0 Å². The van der Waals surface area contributed by atoms with Gasteiger partial charge in [0.1, 0.15) is 12.0 Å². The van der Waals surface area contributed by atoms with E-state index in [-0.39, 0.29) is 12.1 Å². The van der Waals surface area contributed by atoms with E-state index in [1.165, 1.54) is 0 Å². The normalized spacial score (nSPS) is 10.4. The van der Waals surface area contributed by atoms with Crippen molar-refractivity contribution in [3.63, 3.8) is 0 Å². The van der Waals surface area contributed by atoms with Gasteiger partial charge in [-0.1, -0.05) is 0 Å². The van der Waals surface area contributed by atoms with E-state index in [4.69, 9.17) is 0 Å². The molecule has 0 spiro atoms. The van der Waals surface area contributed by atoms with Crippen molar-refractivity contribution in [2.45, 2.75) is 12.8 Å². The van der Waals surface area contributed by atoms with Gasteiger partial charge in [0.25, 0.3) is 6.43 Å². The SMILES string of the molecule is COC(=O)Cc1ccc(C(F)F)c([N+](=O)[O-])n1. The molecular weight excluding hydrogens is 238 g/mol. The number of ether oxygens (including phenoxy) is 1. The Morgan fingerprint density at radius 2 is 2.24 bits per heavy atom. The molecule has 0 aliphatic rings. The maximum atomic E-state index is 12.4. The van der Waals surface area contributed by atoms with Gasteiger partial charge in [-0.25, -0.2) is 8.78 Å². The Hall–Kier alpha value is -2.12. The zero-order valence-corrected chi connectivity index (χ0v) is 8.72. The average Bonchev–Trinajstić information content (AvgIpc) is 2.28. The van der Waals surface area contributed by atoms with Gasteiger partial charge in [0.15, 0.2) is 5.69 Å². The topological polar surface area (TPSA) is 82.3 Å². The standard InChI is InChI=1S/C9H8F2N2O4/c1-17-7(14)4-5-2-3-6(8(10)11)9(12-5)13(15)16/h2-3,8H,4H2,1H3. The number of methoxy groups -OCH3 is 1. The van der Waals surface area contributed by atoms with Crippen LogP contribution in [0.4, 0.5) is 14.6 Å². The molecule has 6 nitrogen and oxygen atoms in total. The number of halogens is 2. The van der Waals surface area contributed by atoms with Gasteiger partial charge in [0.05, 0.1) is 7.11 Å². The van der Waals surface area contributed by atoms with Crippen LogP contribution < -0.4 is 0 Å². The highest BCUT2D eigenvalue weighted by Gasteiger charge is 2.24. The van der Waals surface area contributed by atoms with Crippen molar-refractivity contribution in [3.05, 3.63) is 33.5 Å². The van der Waals surface area contributed by atoms with Gasteiger partial charge < -0.3 is 14.9 Å². The van der Waals surface area contributed by atoms with Crippen LogP contribution in [0.5, 0.6) is 0 Å². The van der Waals surface area contributed by atoms with Gasteiger partial charge in [-0.3, -0.25) is 4.79 Å². The third-order valence-electron chi connectivity index (χ3n) is 1.92. The Morgan fingerprint density at radius 3 is 2.71 bits per heavy atom. The van der Waals surface area contributed by atoms with Gasteiger partial charge in [-0.05, 0) is 22.0 Å². The molecule has 1 aromatic heterocycles. The van der Waals surface area contributed by atoms with Crippen LogP contribution in [-0.4, -0.2) is 23.0 Å². The summed E-state index contributed by atoms with van der Waals surface area (Å²) in [4.78, 5) is 23.8. The zero-order chi connectivity index (χ0) is 13.0. The minimum absolute atomic E-state index is 0.00736. The number of hydrogen-bond acceptors (Lipinski definition) is 5. The molecule has 17 heavy (non-hydrogen) atoms. The molecule has 0 saturated heterocycles. The number of carbonyl (C=O) groups excluding carboxylic acids is 1. The number of esters is 1. The fourth-order valence-corrected chi connectivity index (χ4v) is 1.13. The Balaban J connectivity index is 3.10. The molecule has 0 aromatic carbocycles. The molecule has 92 valence electrons. The minimum Gasteiger partial charge on any atom is -0.469 e. The van der Waals surface area contributed by atoms with E-state index in [1.807, 2.05) is 0 Å². The number of pyridine rings is 1. The van der Waals surface area contributed by atoms with Crippen LogP contribution in [0.25, 0.3) is 0 Å². The first kappa shape index (κ1) is 12.9. The van der Waals surface area contributed by atoms with Gasteiger partial charge in [-0.2, -0.15) is 0 Å². The van der Waals surface area contributed by atoms with Gasteiger partial charge in [-0.15, -0.1) is 0 Å². The van der Waals surface area contributed by atoms with E-state index in [0.717, 1.165) is 19.2 Å². The summed E-state index contributed by atoms with van der Waals surface area (Å²) in [5.41, 5.74) is -0.767. The van der Waals surface area contributed by atoms with Crippen LogP contribution in [0.15, 0.2) is 12.1 Å². The molecule has 0 amide bonds. The highest BCUT2D eigenvalue weighted by Crippen LogP contribution is 2.27. The molecule has 1 aromatic rings. The Bertz CT molecular complexity index is 451. The van der Waals surface area contributed by atoms with E-state index in [2.05, 4.69) is 9.72 Å². The number of alkyl halides is 2. The smallest absolute Gasteiger partial charge is 0.372 e. The van der Waals surface area contributed by atoms with Crippen LogP contribution in [-0.2, 0) is 16.0 Å². The van der Waals surface area contributed by atoms with Crippen molar-refractivity contribution in [3.8, 4) is 0 Å². The lowest BCUT2D eigenvalue weighted by atomic mass is 10.2. The molecule has 0 N–H and O–H groups in total. The van der Waals surface area contributed by atoms with E-state index >= 15 is 0 Å². The summed E-state index contributed by atoms with van der Waals surface area (Å²) in [6, 6.07) is 2.01. The number of nitrogens with zero attached hydrogens (tertiary/aromatic N) is 2. The van der Waals surface area contributed by atoms with Gasteiger partial charge in [0, 0.05) is 0 Å². The Kier molecular flexibility index (Phi) is 4.02. The first-order valence-corrected chi connectivity index (χ1v) is 4.45. The third kappa shape index (κ3) is 3.16. The van der Waals surface area contributed by atoms with E-state index in [1.54, 1.807) is 0 Å². The van der Waals surface area contributed by atoms with E-state index in [0.29, 0.717) is 0 Å². The second kappa shape index (κ2) is 5.28. The van der Waals surface area contributed by atoms with Crippen LogP contribution in [0.1, 0.15) is 17.7 Å². The predicted molar refractivity (Wildman–Crippen MR) is 51.6 cm³/mol. The highest BCUT2D eigenvalue weighted by molar-refractivity contribution is 5.71. The molecule has 1 rings (SSSR count). The molecule has 0 unspecified atom stereocenters. The zero-order valence-electron chi connectivity index (χ0n) is 8.72. The molecule has 0 bridgehead atoms. The highest BCUT2D eigenvalue weighted by atomic mass is 19.3. The van der Waals surface area contributed by atoms with Crippen molar-refractivity contribution in [2.75, 3.05) is 7.11 Å². The molecule has 0 fully saturated rings. The summed E-state index contributed by atoms with van der Waals surface area (Å²) in [6.07, 6.45) is -3.30. The second-order valence-electron chi connectivity index (χ2n) is 3.03. The van der Waals surface area contributed by atoms with Crippen molar-refractivity contribution >= 4 is 11.8 Å². The summed E-state index contributed by atoms with van der Waals surface area (Å²) < 4.78 is 29.2. The molecule has 0 radical (unpaired) electrons. The van der Waals surface area contributed by atoms with Gasteiger partial charge >= 0.3 is 11.8 Å². The maximum Gasteiger partial charge on any atom is 0.372 e. The Labute approximate surface area is 94.4 Å². The molecule has 8 heteroatoms. The lowest BCUT2D eigenvalue weighted by Crippen LogP contribution is -2.08. The summed E-state index contributed by atoms with van der Waals surface area (Å²) in [6.45, 7) is 0. The molecule has 1 heterocycles. The number of rotatable bonds is 4. The molecule has 0 aliphatic carbocycles. The average molecular weight is 246 g/mol. The predicted octanol–water partition coefficient (Wildman–Crippen LogP) is 1.64. The monoisotopic (exact) mass is 246 g/mol. The van der Waals surface area contributed by atoms with E-state index in [9.17, 15) is 23.7 Å². The first-order valence-electron chi connectivity index (χ1n) is 4.45. The van der Waals surface area contributed by atoms with Crippen LogP contribution >= 0.6 is 0 Å². The number of aromatic nitrogens is 1. The Morgan fingerprint density at radius 1 is 1.59 bits per heavy atom. The molecular formula is C9H8F2N2O4. The van der Waals surface area contributed by atoms with Crippen molar-refractivity contribution in [1.82, 2.24) is 4.98 Å². The number of carbonyl (C=O) groups is 1. The first-order chi connectivity index (χ1) is 7.95. The van der Waals surface area contributed by atoms with Crippen LogP contribution in [0.3, 0.4) is 0 Å². The third-order valence-corrected chi connectivity index (χ3v) is 1.92. The summed E-state index contributed by atoms with van der Waals surface area (Å²) in [7, 11) is 1.14. The van der Waals surface area contributed by atoms with Crippen LogP contribution in [0, 0.1) is 10.1 Å². The summed E-state index contributed by atoms with van der Waals surface area (Å²) >= 11 is 0. The second-order valence-corrected chi connectivity index (χ2v) is 3.03. The summed E-state index contributed by atoms with van der Waals surface area (Å²) in [5, 5.41) is 10.5. The van der Waals surface area contributed by atoms with Gasteiger partial charge in [0.2, 0.25) is 0 Å². The van der Waals surface area contributed by atoms with Crippen molar-refractivity contribution < 1.29 is 23.2 Å². The van der Waals surface area contributed by atoms with Crippen molar-refractivity contribution in [2.24, 2.45) is 0 Å². The van der Waals surface area contributed by atoms with E-state index < -0.39 is 28.7 Å². The lowest BCUT2D eigenvalue weighted by molar-refractivity contribution is -0.391. The lowest BCUT2D eigenvalue weighted by Gasteiger charge is -2.02. The number of hydrogen-bond donors (Lipinski definition) is 0. The quantitative estimate of drug-likeness (QED) is 0.458.